The van der Waals surface area contributed by atoms with Crippen molar-refractivity contribution in [3.05, 3.63) is 59.9 Å². The predicted molar refractivity (Wildman–Crippen MR) is 76.9 cm³/mol. The van der Waals surface area contributed by atoms with E-state index in [0.717, 1.165) is 18.2 Å². The second-order valence-corrected chi connectivity index (χ2v) is 4.98. The Bertz CT molecular complexity index is 629. The maximum Gasteiger partial charge on any atom is 0.231 e. The lowest BCUT2D eigenvalue weighted by Gasteiger charge is -2.26. The van der Waals surface area contributed by atoms with Crippen LogP contribution in [0.3, 0.4) is 0 Å². The third kappa shape index (κ3) is 3.62. The Morgan fingerprint density at radius 1 is 1.29 bits per heavy atom. The molecule has 3 nitrogen and oxygen atoms in total. The standard InChI is InChI=1S/C16H16F2N2O/c1-11(2)20(14-4-3-7-19-10-14)16(21)9-12-8-13(17)5-6-15(12)18/h3-8,10-11H,9H2,1-2H3. The summed E-state index contributed by atoms with van der Waals surface area (Å²) < 4.78 is 26.8. The molecule has 5 heteroatoms. The number of amides is 1. The van der Waals surface area contributed by atoms with Gasteiger partial charge in [-0.25, -0.2) is 8.78 Å². The van der Waals surface area contributed by atoms with E-state index < -0.39 is 11.6 Å². The highest BCUT2D eigenvalue weighted by atomic mass is 19.1. The Morgan fingerprint density at radius 3 is 2.67 bits per heavy atom. The van der Waals surface area contributed by atoms with Crippen molar-refractivity contribution >= 4 is 11.6 Å². The number of pyridine rings is 1. The topological polar surface area (TPSA) is 33.2 Å². The molecule has 0 aliphatic carbocycles. The molecule has 21 heavy (non-hydrogen) atoms. The molecule has 110 valence electrons. The quantitative estimate of drug-likeness (QED) is 0.865. The molecule has 0 saturated heterocycles. The van der Waals surface area contributed by atoms with Gasteiger partial charge in [-0.3, -0.25) is 9.78 Å². The largest absolute Gasteiger partial charge is 0.308 e. The summed E-state index contributed by atoms with van der Waals surface area (Å²) in [5.74, 6) is -1.45. The SMILES string of the molecule is CC(C)N(C(=O)Cc1cc(F)ccc1F)c1cccnc1. The molecule has 0 aliphatic rings. The van der Waals surface area contributed by atoms with E-state index in [4.69, 9.17) is 0 Å². The fraction of sp³-hybridized carbons (Fsp3) is 0.250. The lowest BCUT2D eigenvalue weighted by Crippen LogP contribution is -2.38. The van der Waals surface area contributed by atoms with Gasteiger partial charge in [0.05, 0.1) is 18.3 Å². The molecule has 0 spiro atoms. The molecule has 0 bridgehead atoms. The van der Waals surface area contributed by atoms with E-state index in [1.54, 1.807) is 24.5 Å². The van der Waals surface area contributed by atoms with Crippen LogP contribution in [-0.4, -0.2) is 16.9 Å². The molecule has 0 aliphatic heterocycles. The Labute approximate surface area is 122 Å². The molecule has 0 fully saturated rings. The lowest BCUT2D eigenvalue weighted by molar-refractivity contribution is -0.118. The Balaban J connectivity index is 2.26. The minimum atomic E-state index is -0.584. The van der Waals surface area contributed by atoms with E-state index in [1.807, 2.05) is 13.8 Å². The molecule has 1 aromatic carbocycles. The van der Waals surface area contributed by atoms with Crippen LogP contribution < -0.4 is 4.90 Å². The summed E-state index contributed by atoms with van der Waals surface area (Å²) in [5, 5.41) is 0. The normalized spacial score (nSPS) is 10.7. The molecule has 0 unspecified atom stereocenters. The molecular formula is C16H16F2N2O. The number of benzene rings is 1. The highest BCUT2D eigenvalue weighted by molar-refractivity contribution is 5.95. The van der Waals surface area contributed by atoms with Gasteiger partial charge in [0.15, 0.2) is 0 Å². The fourth-order valence-electron chi connectivity index (χ4n) is 2.15. The summed E-state index contributed by atoms with van der Waals surface area (Å²) in [4.78, 5) is 17.9. The van der Waals surface area contributed by atoms with Crippen LogP contribution in [0.1, 0.15) is 19.4 Å². The van der Waals surface area contributed by atoms with Crippen molar-refractivity contribution in [2.45, 2.75) is 26.3 Å². The number of rotatable bonds is 4. The van der Waals surface area contributed by atoms with Gasteiger partial charge >= 0.3 is 0 Å². The van der Waals surface area contributed by atoms with Crippen LogP contribution in [0.15, 0.2) is 42.7 Å². The smallest absolute Gasteiger partial charge is 0.231 e. The van der Waals surface area contributed by atoms with E-state index >= 15 is 0 Å². The maximum absolute atomic E-state index is 13.6. The minimum absolute atomic E-state index is 0.0505. The van der Waals surface area contributed by atoms with Crippen molar-refractivity contribution < 1.29 is 13.6 Å². The van der Waals surface area contributed by atoms with Crippen LogP contribution in [0.5, 0.6) is 0 Å². The van der Waals surface area contributed by atoms with Crippen molar-refractivity contribution in [1.29, 1.82) is 0 Å². The Kier molecular flexibility index (Phi) is 4.62. The number of halogens is 2. The zero-order valence-electron chi connectivity index (χ0n) is 11.9. The van der Waals surface area contributed by atoms with Gasteiger partial charge in [-0.15, -0.1) is 0 Å². The Morgan fingerprint density at radius 2 is 2.05 bits per heavy atom. The fourth-order valence-corrected chi connectivity index (χ4v) is 2.15. The number of hydrogen-bond donors (Lipinski definition) is 0. The first-order valence-corrected chi connectivity index (χ1v) is 6.65. The number of nitrogens with zero attached hydrogens (tertiary/aromatic N) is 2. The van der Waals surface area contributed by atoms with Gasteiger partial charge in [0.1, 0.15) is 11.6 Å². The number of carbonyl (C=O) groups excluding carboxylic acids is 1. The van der Waals surface area contributed by atoms with Gasteiger partial charge in [0.25, 0.3) is 0 Å². The number of aromatic nitrogens is 1. The molecule has 2 aromatic rings. The van der Waals surface area contributed by atoms with Gasteiger partial charge in [-0.2, -0.15) is 0 Å². The lowest BCUT2D eigenvalue weighted by atomic mass is 10.1. The Hall–Kier alpha value is -2.30. The first-order chi connectivity index (χ1) is 9.99. The summed E-state index contributed by atoms with van der Waals surface area (Å²) in [6.07, 6.45) is 2.98. The first kappa shape index (κ1) is 15.1. The van der Waals surface area contributed by atoms with Crippen LogP contribution >= 0.6 is 0 Å². The summed E-state index contributed by atoms with van der Waals surface area (Å²) in [6, 6.07) is 6.48. The molecule has 1 heterocycles. The van der Waals surface area contributed by atoms with Gasteiger partial charge in [0, 0.05) is 17.8 Å². The predicted octanol–water partition coefficient (Wildman–Crippen LogP) is 3.34. The minimum Gasteiger partial charge on any atom is -0.308 e. The second-order valence-electron chi connectivity index (χ2n) is 4.98. The summed E-state index contributed by atoms with van der Waals surface area (Å²) >= 11 is 0. The maximum atomic E-state index is 13.6. The zero-order valence-corrected chi connectivity index (χ0v) is 11.9. The van der Waals surface area contributed by atoms with E-state index in [9.17, 15) is 13.6 Å². The monoisotopic (exact) mass is 290 g/mol. The molecule has 2 rings (SSSR count). The average molecular weight is 290 g/mol. The van der Waals surface area contributed by atoms with E-state index in [0.29, 0.717) is 5.69 Å². The third-order valence-corrected chi connectivity index (χ3v) is 3.06. The molecule has 1 amide bonds. The average Bonchev–Trinajstić information content (AvgIpc) is 2.44. The number of anilines is 1. The van der Waals surface area contributed by atoms with Crippen LogP contribution in [-0.2, 0) is 11.2 Å². The summed E-state index contributed by atoms with van der Waals surface area (Å²) in [6.45, 7) is 3.71. The van der Waals surface area contributed by atoms with Crippen molar-refractivity contribution in [3.8, 4) is 0 Å². The molecule has 0 radical (unpaired) electrons. The number of hydrogen-bond acceptors (Lipinski definition) is 2. The van der Waals surface area contributed by atoms with Gasteiger partial charge < -0.3 is 4.90 Å². The van der Waals surface area contributed by atoms with E-state index in [-0.39, 0.29) is 23.9 Å². The molecule has 0 saturated carbocycles. The molecule has 0 atom stereocenters. The van der Waals surface area contributed by atoms with Crippen molar-refractivity contribution in [1.82, 2.24) is 4.98 Å². The van der Waals surface area contributed by atoms with Crippen molar-refractivity contribution in [2.75, 3.05) is 4.90 Å². The van der Waals surface area contributed by atoms with Gasteiger partial charge in [0.2, 0.25) is 5.91 Å². The second kappa shape index (κ2) is 6.43. The highest BCUT2D eigenvalue weighted by Gasteiger charge is 2.20. The zero-order chi connectivity index (χ0) is 15.4. The molecule has 1 aromatic heterocycles. The van der Waals surface area contributed by atoms with Gasteiger partial charge in [-0.1, -0.05) is 0 Å². The molecular weight excluding hydrogens is 274 g/mol. The number of carbonyl (C=O) groups is 1. The third-order valence-electron chi connectivity index (χ3n) is 3.06. The van der Waals surface area contributed by atoms with Crippen molar-refractivity contribution in [3.63, 3.8) is 0 Å². The summed E-state index contributed by atoms with van der Waals surface area (Å²) in [5.41, 5.74) is 0.684. The van der Waals surface area contributed by atoms with E-state index in [2.05, 4.69) is 4.98 Å². The summed E-state index contributed by atoms with van der Waals surface area (Å²) in [7, 11) is 0. The van der Waals surface area contributed by atoms with Crippen LogP contribution in [0, 0.1) is 11.6 Å². The first-order valence-electron chi connectivity index (χ1n) is 6.65. The highest BCUT2D eigenvalue weighted by Crippen LogP contribution is 2.18. The van der Waals surface area contributed by atoms with Crippen LogP contribution in [0.25, 0.3) is 0 Å². The molecule has 0 N–H and O–H groups in total. The van der Waals surface area contributed by atoms with Crippen LogP contribution in [0.2, 0.25) is 0 Å². The van der Waals surface area contributed by atoms with Gasteiger partial charge in [-0.05, 0) is 44.2 Å². The van der Waals surface area contributed by atoms with Crippen molar-refractivity contribution in [2.24, 2.45) is 0 Å². The van der Waals surface area contributed by atoms with Crippen LogP contribution in [0.4, 0.5) is 14.5 Å². The van der Waals surface area contributed by atoms with E-state index in [1.165, 1.54) is 4.90 Å².